The molecule has 2 amide bonds. The number of benzene rings is 3. The van der Waals surface area contributed by atoms with E-state index in [9.17, 15) is 9.18 Å². The van der Waals surface area contributed by atoms with Gasteiger partial charge < -0.3 is 15.6 Å². The molecule has 0 atom stereocenters. The zero-order chi connectivity index (χ0) is 19.7. The van der Waals surface area contributed by atoms with Crippen LogP contribution in [0.4, 0.5) is 20.6 Å². The number of carbonyl (C=O) groups is 1. The second-order valence-electron chi connectivity index (χ2n) is 6.87. The maximum Gasteiger partial charge on any atom is 0.323 e. The van der Waals surface area contributed by atoms with Crippen molar-refractivity contribution in [3.05, 3.63) is 83.7 Å². The maximum absolute atomic E-state index is 13.4. The van der Waals surface area contributed by atoms with Gasteiger partial charge in [-0.25, -0.2) is 9.18 Å². The topological polar surface area (TPSA) is 56.9 Å². The van der Waals surface area contributed by atoms with Crippen LogP contribution in [0.2, 0.25) is 0 Å². The van der Waals surface area contributed by atoms with E-state index in [1.807, 2.05) is 62.4 Å². The second-order valence-corrected chi connectivity index (χ2v) is 6.87. The van der Waals surface area contributed by atoms with E-state index in [4.69, 9.17) is 0 Å². The molecule has 0 aliphatic heterocycles. The maximum atomic E-state index is 13.4. The van der Waals surface area contributed by atoms with Gasteiger partial charge in [-0.15, -0.1) is 0 Å². The number of nitrogens with one attached hydrogen (secondary N) is 3. The van der Waals surface area contributed by atoms with Crippen molar-refractivity contribution in [3.8, 4) is 11.3 Å². The molecule has 4 aromatic rings. The molecule has 0 aliphatic carbocycles. The second kappa shape index (κ2) is 7.19. The third-order valence-electron chi connectivity index (χ3n) is 4.80. The zero-order valence-corrected chi connectivity index (χ0v) is 15.6. The molecule has 140 valence electrons. The Labute approximate surface area is 162 Å². The number of rotatable bonds is 3. The van der Waals surface area contributed by atoms with Crippen molar-refractivity contribution in [2.75, 3.05) is 10.6 Å². The van der Waals surface area contributed by atoms with E-state index in [1.165, 1.54) is 17.7 Å². The lowest BCUT2D eigenvalue weighted by molar-refractivity contribution is 0.262. The molecule has 0 fully saturated rings. The smallest absolute Gasteiger partial charge is 0.323 e. The van der Waals surface area contributed by atoms with Crippen molar-refractivity contribution in [1.29, 1.82) is 0 Å². The van der Waals surface area contributed by atoms with Gasteiger partial charge >= 0.3 is 6.03 Å². The predicted molar refractivity (Wildman–Crippen MR) is 112 cm³/mol. The number of aromatic amines is 1. The third-order valence-corrected chi connectivity index (χ3v) is 4.80. The predicted octanol–water partition coefficient (Wildman–Crippen LogP) is 6.23. The van der Waals surface area contributed by atoms with Crippen LogP contribution in [0.25, 0.3) is 22.2 Å². The number of amides is 2. The molecule has 3 N–H and O–H groups in total. The van der Waals surface area contributed by atoms with Gasteiger partial charge in [-0.05, 0) is 79.1 Å². The van der Waals surface area contributed by atoms with Gasteiger partial charge in [0.2, 0.25) is 0 Å². The van der Waals surface area contributed by atoms with Gasteiger partial charge in [0.05, 0.1) is 0 Å². The lowest BCUT2D eigenvalue weighted by atomic mass is 10.1. The third kappa shape index (κ3) is 3.74. The fourth-order valence-corrected chi connectivity index (χ4v) is 3.10. The van der Waals surface area contributed by atoms with E-state index in [-0.39, 0.29) is 11.8 Å². The number of aromatic nitrogens is 1. The summed E-state index contributed by atoms with van der Waals surface area (Å²) in [6, 6.07) is 19.6. The molecule has 28 heavy (non-hydrogen) atoms. The van der Waals surface area contributed by atoms with E-state index in [0.29, 0.717) is 5.69 Å². The number of hydrogen-bond acceptors (Lipinski definition) is 1. The average molecular weight is 373 g/mol. The highest BCUT2D eigenvalue weighted by atomic mass is 19.1. The van der Waals surface area contributed by atoms with Crippen LogP contribution in [0, 0.1) is 19.7 Å². The van der Waals surface area contributed by atoms with Crippen LogP contribution in [0.5, 0.6) is 0 Å². The van der Waals surface area contributed by atoms with Crippen molar-refractivity contribution in [2.24, 2.45) is 0 Å². The van der Waals surface area contributed by atoms with Crippen LogP contribution in [0.1, 0.15) is 11.1 Å². The fourth-order valence-electron chi connectivity index (χ4n) is 3.10. The summed E-state index contributed by atoms with van der Waals surface area (Å²) < 4.78 is 13.4. The van der Waals surface area contributed by atoms with Gasteiger partial charge in [0.25, 0.3) is 0 Å². The number of aryl methyl sites for hydroxylation is 2. The molecular weight excluding hydrogens is 353 g/mol. The SMILES string of the molecule is Cc1ccc(NC(=O)Nc2ccc(-c3cc4cc(F)ccc4[nH]3)cc2)cc1C. The van der Waals surface area contributed by atoms with Crippen LogP contribution in [0.15, 0.2) is 66.7 Å². The largest absolute Gasteiger partial charge is 0.355 e. The van der Waals surface area contributed by atoms with Crippen LogP contribution in [-0.4, -0.2) is 11.0 Å². The molecule has 0 aliphatic rings. The Morgan fingerprint density at radius 3 is 2.29 bits per heavy atom. The molecule has 0 spiro atoms. The van der Waals surface area contributed by atoms with Crippen molar-refractivity contribution >= 4 is 28.3 Å². The van der Waals surface area contributed by atoms with Crippen molar-refractivity contribution < 1.29 is 9.18 Å². The average Bonchev–Trinajstić information content (AvgIpc) is 3.08. The van der Waals surface area contributed by atoms with E-state index in [1.54, 1.807) is 6.07 Å². The molecule has 1 aromatic heterocycles. The van der Waals surface area contributed by atoms with Gasteiger partial charge in [0.1, 0.15) is 5.82 Å². The van der Waals surface area contributed by atoms with Crippen LogP contribution >= 0.6 is 0 Å². The Balaban J connectivity index is 1.46. The van der Waals surface area contributed by atoms with Gasteiger partial charge in [0.15, 0.2) is 0 Å². The minimum Gasteiger partial charge on any atom is -0.355 e. The summed E-state index contributed by atoms with van der Waals surface area (Å²) >= 11 is 0. The summed E-state index contributed by atoms with van der Waals surface area (Å²) in [5, 5.41) is 6.49. The first-order chi connectivity index (χ1) is 13.5. The summed E-state index contributed by atoms with van der Waals surface area (Å²) in [4.78, 5) is 15.5. The van der Waals surface area contributed by atoms with Crippen molar-refractivity contribution in [3.63, 3.8) is 0 Å². The Morgan fingerprint density at radius 1 is 0.821 bits per heavy atom. The quantitative estimate of drug-likeness (QED) is 0.391. The van der Waals surface area contributed by atoms with E-state index >= 15 is 0 Å². The minimum absolute atomic E-state index is 0.257. The number of fused-ring (bicyclic) bond motifs is 1. The lowest BCUT2D eigenvalue weighted by Gasteiger charge is -2.09. The summed E-state index contributed by atoms with van der Waals surface area (Å²) in [5.41, 5.74) is 6.48. The molecule has 0 bridgehead atoms. The summed E-state index contributed by atoms with van der Waals surface area (Å²) in [6.45, 7) is 4.04. The van der Waals surface area contributed by atoms with E-state index < -0.39 is 0 Å². The number of halogens is 1. The summed E-state index contributed by atoms with van der Waals surface area (Å²) in [5.74, 6) is -0.257. The monoisotopic (exact) mass is 373 g/mol. The Bertz CT molecular complexity index is 1160. The normalized spacial score (nSPS) is 10.8. The van der Waals surface area contributed by atoms with Crippen LogP contribution in [-0.2, 0) is 0 Å². The van der Waals surface area contributed by atoms with Gasteiger partial charge in [-0.2, -0.15) is 0 Å². The Morgan fingerprint density at radius 2 is 1.54 bits per heavy atom. The van der Waals surface area contributed by atoms with Gasteiger partial charge in [-0.1, -0.05) is 18.2 Å². The fraction of sp³-hybridized carbons (Fsp3) is 0.0870. The van der Waals surface area contributed by atoms with Crippen LogP contribution in [0.3, 0.4) is 0 Å². The first-order valence-corrected chi connectivity index (χ1v) is 9.02. The minimum atomic E-state index is -0.294. The molecule has 4 rings (SSSR count). The summed E-state index contributed by atoms with van der Waals surface area (Å²) in [6.07, 6.45) is 0. The molecule has 0 unspecified atom stereocenters. The van der Waals surface area contributed by atoms with Crippen molar-refractivity contribution in [2.45, 2.75) is 13.8 Å². The first-order valence-electron chi connectivity index (χ1n) is 9.02. The Hall–Kier alpha value is -3.60. The van der Waals surface area contributed by atoms with E-state index in [2.05, 4.69) is 15.6 Å². The molecule has 1 heterocycles. The molecule has 0 radical (unpaired) electrons. The number of H-pyrrole nitrogens is 1. The molecule has 4 nitrogen and oxygen atoms in total. The molecule has 0 saturated carbocycles. The first kappa shape index (κ1) is 17.8. The molecule has 5 heteroatoms. The standard InChI is InChI=1S/C23H20FN3O/c1-14-3-7-20(11-15(14)2)26-23(28)25-19-8-4-16(5-9-19)22-13-17-12-18(24)6-10-21(17)27-22/h3-13,27H,1-2H3,(H2,25,26,28). The van der Waals surface area contributed by atoms with Gasteiger partial charge in [-0.3, -0.25) is 0 Å². The number of urea groups is 1. The highest BCUT2D eigenvalue weighted by molar-refractivity contribution is 6.00. The number of carbonyl (C=O) groups excluding carboxylic acids is 1. The summed E-state index contributed by atoms with van der Waals surface area (Å²) in [7, 11) is 0. The number of anilines is 2. The molecule has 0 saturated heterocycles. The van der Waals surface area contributed by atoms with E-state index in [0.717, 1.165) is 33.4 Å². The zero-order valence-electron chi connectivity index (χ0n) is 15.6. The molecule has 3 aromatic carbocycles. The number of hydrogen-bond donors (Lipinski definition) is 3. The van der Waals surface area contributed by atoms with Crippen molar-refractivity contribution in [1.82, 2.24) is 4.98 Å². The highest BCUT2D eigenvalue weighted by Gasteiger charge is 2.07. The highest BCUT2D eigenvalue weighted by Crippen LogP contribution is 2.26. The molecular formula is C23H20FN3O. The van der Waals surface area contributed by atoms with Gasteiger partial charge in [0, 0.05) is 28.0 Å². The Kier molecular flexibility index (Phi) is 4.57. The van der Waals surface area contributed by atoms with Crippen LogP contribution < -0.4 is 10.6 Å². The lowest BCUT2D eigenvalue weighted by Crippen LogP contribution is -2.19.